The Labute approximate surface area is 216 Å². The molecule has 1 fully saturated rings. The van der Waals surface area contributed by atoms with Crippen LogP contribution in [-0.2, 0) is 17.2 Å². The number of halogens is 1. The maximum absolute atomic E-state index is 10.4. The molecular weight excluding hydrogens is 498 g/mol. The van der Waals surface area contributed by atoms with Crippen molar-refractivity contribution in [3.05, 3.63) is 47.6 Å². The number of aliphatic hydroxyl groups is 1. The maximum Gasteiger partial charge on any atom is 0.210 e. The van der Waals surface area contributed by atoms with E-state index in [-0.39, 0.29) is 11.5 Å². The number of hydrogen-bond acceptors (Lipinski definition) is 9. The van der Waals surface area contributed by atoms with E-state index in [1.165, 1.54) is 6.20 Å². The summed E-state index contributed by atoms with van der Waals surface area (Å²) in [4.78, 5) is 13.3. The normalized spacial score (nSPS) is 18.2. The van der Waals surface area contributed by atoms with E-state index in [0.717, 1.165) is 5.69 Å². The molecule has 1 aliphatic heterocycles. The van der Waals surface area contributed by atoms with Gasteiger partial charge in [0, 0.05) is 42.7 Å². The van der Waals surface area contributed by atoms with Crippen molar-refractivity contribution in [2.24, 2.45) is 7.05 Å². The molecule has 0 aliphatic carbocycles. The molecule has 6 heterocycles. The molecule has 12 nitrogen and oxygen atoms in total. The second-order valence-corrected chi connectivity index (χ2v) is 10.4. The predicted molar refractivity (Wildman–Crippen MR) is 137 cm³/mol. The Morgan fingerprint density at radius 1 is 1.19 bits per heavy atom. The van der Waals surface area contributed by atoms with Crippen LogP contribution in [0.5, 0.6) is 11.5 Å². The molecule has 0 bridgehead atoms. The summed E-state index contributed by atoms with van der Waals surface area (Å²) >= 11 is 6.75. The third-order valence-electron chi connectivity index (χ3n) is 6.34. The van der Waals surface area contributed by atoms with E-state index in [1.807, 2.05) is 17.8 Å². The summed E-state index contributed by atoms with van der Waals surface area (Å²) in [5, 5.41) is 23.1. The summed E-state index contributed by atoms with van der Waals surface area (Å²) < 4.78 is 16.7. The van der Waals surface area contributed by atoms with Crippen LogP contribution in [0.1, 0.15) is 32.5 Å². The Morgan fingerprint density at radius 2 is 2.03 bits per heavy atom. The SMILES string of the molecule is Cn1c(Nc2cc(C(C)(C)C)n(C3COCC3O)n2)nc2ncc(Oc3cnn4ccnc4c3)c(Cl)c21. The number of fused-ring (bicyclic) bond motifs is 2. The van der Waals surface area contributed by atoms with Gasteiger partial charge in [-0.05, 0) is 0 Å². The van der Waals surface area contributed by atoms with E-state index >= 15 is 0 Å². The summed E-state index contributed by atoms with van der Waals surface area (Å²) in [6.07, 6.45) is 5.91. The largest absolute Gasteiger partial charge is 0.452 e. The molecular formula is C24H26ClN9O3. The molecule has 6 rings (SSSR count). The molecule has 5 aromatic rings. The van der Waals surface area contributed by atoms with Crippen molar-refractivity contribution in [2.45, 2.75) is 38.3 Å². The minimum absolute atomic E-state index is 0.201. The summed E-state index contributed by atoms with van der Waals surface area (Å²) in [6, 6.07) is 3.48. The van der Waals surface area contributed by atoms with Crippen molar-refractivity contribution in [3.63, 3.8) is 0 Å². The zero-order valence-electron chi connectivity index (χ0n) is 20.8. The maximum atomic E-state index is 10.4. The van der Waals surface area contributed by atoms with Crippen molar-refractivity contribution >= 4 is 40.2 Å². The second-order valence-electron chi connectivity index (χ2n) is 10.0. The minimum atomic E-state index is -0.615. The monoisotopic (exact) mass is 523 g/mol. The van der Waals surface area contributed by atoms with E-state index < -0.39 is 6.10 Å². The topological polar surface area (TPSA) is 129 Å². The van der Waals surface area contributed by atoms with Crippen LogP contribution in [0.4, 0.5) is 11.8 Å². The van der Waals surface area contributed by atoms with Gasteiger partial charge in [0.25, 0.3) is 0 Å². The number of anilines is 2. The average molecular weight is 524 g/mol. The molecule has 0 spiro atoms. The number of ether oxygens (including phenoxy) is 2. The highest BCUT2D eigenvalue weighted by atomic mass is 35.5. The third kappa shape index (κ3) is 4.16. The number of nitrogens with one attached hydrogen (secondary N) is 1. The molecule has 2 unspecified atom stereocenters. The van der Waals surface area contributed by atoms with Crippen LogP contribution < -0.4 is 10.1 Å². The molecule has 37 heavy (non-hydrogen) atoms. The van der Waals surface area contributed by atoms with Gasteiger partial charge in [0.1, 0.15) is 22.7 Å². The first-order valence-corrected chi connectivity index (χ1v) is 12.2. The highest BCUT2D eigenvalue weighted by molar-refractivity contribution is 6.36. The molecule has 0 radical (unpaired) electrons. The molecule has 0 amide bonds. The standard InChI is InChI=1S/C24H26ClN9O3/c1-24(2,3)17-8-18(31-34(17)14-11-36-12-15(14)35)29-23-30-22-21(32(23)4)20(25)16(10-27-22)37-13-7-19-26-5-6-33(19)28-9-13/h5-10,14-15,35H,11-12H2,1-4H3,(H,27,29,30,31). The lowest BCUT2D eigenvalue weighted by molar-refractivity contribution is 0.117. The highest BCUT2D eigenvalue weighted by Gasteiger charge is 2.33. The molecule has 1 aliphatic rings. The smallest absolute Gasteiger partial charge is 0.210 e. The van der Waals surface area contributed by atoms with Gasteiger partial charge in [-0.25, -0.2) is 14.5 Å². The van der Waals surface area contributed by atoms with Crippen LogP contribution in [0, 0.1) is 0 Å². The van der Waals surface area contributed by atoms with Crippen LogP contribution >= 0.6 is 11.6 Å². The second kappa shape index (κ2) is 8.68. The lowest BCUT2D eigenvalue weighted by atomic mass is 9.91. The first-order chi connectivity index (χ1) is 17.7. The zero-order valence-corrected chi connectivity index (χ0v) is 21.5. The van der Waals surface area contributed by atoms with Gasteiger partial charge in [-0.2, -0.15) is 15.2 Å². The number of aromatic nitrogens is 8. The van der Waals surface area contributed by atoms with Gasteiger partial charge in [0.2, 0.25) is 5.95 Å². The lowest BCUT2D eigenvalue weighted by Crippen LogP contribution is -2.28. The highest BCUT2D eigenvalue weighted by Crippen LogP contribution is 2.36. The van der Waals surface area contributed by atoms with Gasteiger partial charge in [0.15, 0.2) is 28.6 Å². The van der Waals surface area contributed by atoms with Crippen LogP contribution in [0.15, 0.2) is 36.9 Å². The summed E-state index contributed by atoms with van der Waals surface area (Å²) in [7, 11) is 1.84. The fourth-order valence-electron chi connectivity index (χ4n) is 4.42. The van der Waals surface area contributed by atoms with Gasteiger partial charge < -0.3 is 24.5 Å². The van der Waals surface area contributed by atoms with Gasteiger partial charge in [-0.15, -0.1) is 0 Å². The van der Waals surface area contributed by atoms with Gasteiger partial charge >= 0.3 is 0 Å². The fourth-order valence-corrected chi connectivity index (χ4v) is 4.72. The molecule has 0 aromatic carbocycles. The summed E-state index contributed by atoms with van der Waals surface area (Å²) in [6.45, 7) is 7.01. The van der Waals surface area contributed by atoms with E-state index in [0.29, 0.717) is 58.3 Å². The molecule has 13 heteroatoms. The number of imidazole rings is 2. The Bertz CT molecular complexity index is 1620. The first kappa shape index (κ1) is 23.6. The molecule has 2 atom stereocenters. The van der Waals surface area contributed by atoms with E-state index in [2.05, 4.69) is 46.1 Å². The van der Waals surface area contributed by atoms with Crippen molar-refractivity contribution in [2.75, 3.05) is 18.5 Å². The Balaban J connectivity index is 1.33. The van der Waals surface area contributed by atoms with Crippen molar-refractivity contribution in [3.8, 4) is 11.5 Å². The quantitative estimate of drug-likeness (QED) is 0.354. The predicted octanol–water partition coefficient (Wildman–Crippen LogP) is 3.63. The van der Waals surface area contributed by atoms with Crippen LogP contribution in [0.2, 0.25) is 5.02 Å². The molecule has 5 aromatic heterocycles. The Morgan fingerprint density at radius 3 is 2.78 bits per heavy atom. The Kier molecular flexibility index (Phi) is 5.55. The Hall–Kier alpha value is -3.74. The molecule has 1 saturated heterocycles. The van der Waals surface area contributed by atoms with Crippen LogP contribution in [0.3, 0.4) is 0 Å². The van der Waals surface area contributed by atoms with Crippen molar-refractivity contribution in [1.29, 1.82) is 0 Å². The number of rotatable bonds is 5. The fraction of sp³-hybridized carbons (Fsp3) is 0.375. The number of hydrogen-bond donors (Lipinski definition) is 2. The lowest BCUT2D eigenvalue weighted by Gasteiger charge is -2.24. The van der Waals surface area contributed by atoms with Crippen molar-refractivity contribution in [1.82, 2.24) is 38.9 Å². The third-order valence-corrected chi connectivity index (χ3v) is 6.71. The summed E-state index contributed by atoms with van der Waals surface area (Å²) in [5.74, 6) is 1.96. The first-order valence-electron chi connectivity index (χ1n) is 11.8. The van der Waals surface area contributed by atoms with Gasteiger partial charge in [0.05, 0.1) is 25.6 Å². The number of pyridine rings is 1. The van der Waals surface area contributed by atoms with Crippen LogP contribution in [0.25, 0.3) is 16.8 Å². The van der Waals surface area contributed by atoms with E-state index in [4.69, 9.17) is 26.2 Å². The molecule has 0 saturated carbocycles. The summed E-state index contributed by atoms with van der Waals surface area (Å²) in [5.41, 5.74) is 2.48. The van der Waals surface area contributed by atoms with Gasteiger partial charge in [-0.3, -0.25) is 4.68 Å². The number of aryl methyl sites for hydroxylation is 1. The van der Waals surface area contributed by atoms with Crippen molar-refractivity contribution < 1.29 is 14.6 Å². The van der Waals surface area contributed by atoms with Crippen LogP contribution in [-0.4, -0.2) is 63.3 Å². The zero-order chi connectivity index (χ0) is 25.9. The molecule has 192 valence electrons. The number of nitrogens with zero attached hydrogens (tertiary/aromatic N) is 8. The van der Waals surface area contributed by atoms with Gasteiger partial charge in [-0.1, -0.05) is 32.4 Å². The van der Waals surface area contributed by atoms with E-state index in [9.17, 15) is 5.11 Å². The average Bonchev–Trinajstić information content (AvgIpc) is 3.62. The minimum Gasteiger partial charge on any atom is -0.452 e. The van der Waals surface area contributed by atoms with E-state index in [1.54, 1.807) is 33.7 Å². The number of aliphatic hydroxyl groups excluding tert-OH is 1. The molecule has 2 N–H and O–H groups in total.